The number of hydrogen-bond donors (Lipinski definition) is 5. The van der Waals surface area contributed by atoms with Gasteiger partial charge < -0.3 is 16.0 Å². The SMILES string of the molecule is O=C(Nc1ccc2c(c1)S(=O)(=O)c1cc(NC(=O)NS(=O)(=O)c3ccccc3Cl)ccc1N2)NS(=O)(=O)c1ccccc1Cl. The Hall–Kier alpha value is -4.35. The number of sulfonamides is 2. The van der Waals surface area contributed by atoms with Gasteiger partial charge in [0.25, 0.3) is 20.0 Å². The third kappa shape index (κ3) is 6.29. The van der Waals surface area contributed by atoms with Gasteiger partial charge in [0.1, 0.15) is 9.79 Å². The molecule has 13 nitrogen and oxygen atoms in total. The zero-order valence-electron chi connectivity index (χ0n) is 21.8. The minimum absolute atomic E-state index is 0.0529. The first kappa shape index (κ1) is 31.1. The summed E-state index contributed by atoms with van der Waals surface area (Å²) in [6, 6.07) is 16.3. The molecule has 5 rings (SSSR count). The topological polar surface area (TPSA) is 197 Å². The smallest absolute Gasteiger partial charge is 0.333 e. The first-order valence-corrected chi connectivity index (χ1v) is 17.3. The van der Waals surface area contributed by atoms with Gasteiger partial charge in [-0.15, -0.1) is 0 Å². The number of urea groups is 2. The van der Waals surface area contributed by atoms with Crippen molar-refractivity contribution in [1.29, 1.82) is 0 Å². The van der Waals surface area contributed by atoms with Crippen molar-refractivity contribution in [1.82, 2.24) is 9.44 Å². The lowest BCUT2D eigenvalue weighted by Gasteiger charge is -2.23. The van der Waals surface area contributed by atoms with Crippen LogP contribution in [0.1, 0.15) is 0 Å². The summed E-state index contributed by atoms with van der Waals surface area (Å²) < 4.78 is 81.0. The molecule has 0 atom stereocenters. The molecule has 0 bridgehead atoms. The Morgan fingerprint density at radius 2 is 1.00 bits per heavy atom. The maximum atomic E-state index is 13.6. The van der Waals surface area contributed by atoms with E-state index in [1.807, 2.05) is 9.44 Å². The molecule has 0 fully saturated rings. The van der Waals surface area contributed by atoms with E-state index in [1.54, 1.807) is 0 Å². The van der Waals surface area contributed by atoms with Crippen LogP contribution in [-0.2, 0) is 29.9 Å². The van der Waals surface area contributed by atoms with Gasteiger partial charge in [0, 0.05) is 11.4 Å². The first-order chi connectivity index (χ1) is 20.7. The Bertz CT molecular complexity index is 2030. The predicted octanol–water partition coefficient (Wildman–Crippen LogP) is 4.90. The highest BCUT2D eigenvalue weighted by atomic mass is 35.5. The number of nitrogens with one attached hydrogen (secondary N) is 5. The maximum absolute atomic E-state index is 13.6. The van der Waals surface area contributed by atoms with Crippen molar-refractivity contribution in [2.24, 2.45) is 0 Å². The highest BCUT2D eigenvalue weighted by Crippen LogP contribution is 2.41. The zero-order chi connectivity index (χ0) is 31.9. The summed E-state index contributed by atoms with van der Waals surface area (Å²) in [6.45, 7) is 0. The van der Waals surface area contributed by atoms with E-state index >= 15 is 0 Å². The summed E-state index contributed by atoms with van der Waals surface area (Å²) in [6.07, 6.45) is 0. The molecule has 1 heterocycles. The summed E-state index contributed by atoms with van der Waals surface area (Å²) in [7, 11) is -12.9. The molecule has 0 aromatic heterocycles. The Kier molecular flexibility index (Phi) is 8.21. The highest BCUT2D eigenvalue weighted by molar-refractivity contribution is 7.92. The first-order valence-electron chi connectivity index (χ1n) is 12.1. The van der Waals surface area contributed by atoms with E-state index in [-0.39, 0.29) is 52.4 Å². The zero-order valence-corrected chi connectivity index (χ0v) is 25.8. The number of benzene rings is 4. The summed E-state index contributed by atoms with van der Waals surface area (Å²) in [5.74, 6) is 0. The largest absolute Gasteiger partial charge is 0.353 e. The van der Waals surface area contributed by atoms with Crippen LogP contribution >= 0.6 is 23.2 Å². The molecular weight excluding hydrogens is 677 g/mol. The molecule has 18 heteroatoms. The van der Waals surface area contributed by atoms with Crippen molar-refractivity contribution in [2.45, 2.75) is 19.6 Å². The van der Waals surface area contributed by atoms with E-state index in [1.165, 1.54) is 72.8 Å². The lowest BCUT2D eigenvalue weighted by Crippen LogP contribution is -2.34. The van der Waals surface area contributed by atoms with Crippen LogP contribution in [0.4, 0.5) is 32.3 Å². The summed E-state index contributed by atoms with van der Waals surface area (Å²) in [5, 5.41) is 7.28. The lowest BCUT2D eigenvalue weighted by molar-refractivity contribution is 0.255. The number of hydrogen-bond acceptors (Lipinski definition) is 9. The fourth-order valence-corrected chi connectivity index (χ4v) is 8.58. The van der Waals surface area contributed by atoms with Crippen molar-refractivity contribution >= 4 is 87.9 Å². The Morgan fingerprint density at radius 3 is 1.39 bits per heavy atom. The quantitative estimate of drug-likeness (QED) is 0.164. The predicted molar refractivity (Wildman–Crippen MR) is 163 cm³/mol. The molecule has 4 aromatic rings. The Morgan fingerprint density at radius 1 is 0.614 bits per heavy atom. The maximum Gasteiger partial charge on any atom is 0.333 e. The van der Waals surface area contributed by atoms with Gasteiger partial charge in [-0.1, -0.05) is 47.5 Å². The fraction of sp³-hybridized carbons (Fsp3) is 0. The molecule has 4 aromatic carbocycles. The second-order valence-corrected chi connectivity index (χ2v) is 15.0. The number of sulfone groups is 1. The van der Waals surface area contributed by atoms with Crippen LogP contribution in [0.3, 0.4) is 0 Å². The van der Waals surface area contributed by atoms with Crippen molar-refractivity contribution in [3.63, 3.8) is 0 Å². The van der Waals surface area contributed by atoms with E-state index in [2.05, 4.69) is 16.0 Å². The summed E-state index contributed by atoms with van der Waals surface area (Å²) in [4.78, 5) is 23.8. The number of amides is 4. The van der Waals surface area contributed by atoms with E-state index in [0.717, 1.165) is 12.1 Å². The Labute approximate surface area is 261 Å². The van der Waals surface area contributed by atoms with Gasteiger partial charge in [-0.25, -0.2) is 44.3 Å². The summed E-state index contributed by atoms with van der Waals surface area (Å²) in [5.41, 5.74) is 0.221. The molecule has 0 spiro atoms. The number of rotatable bonds is 6. The van der Waals surface area contributed by atoms with Crippen molar-refractivity contribution in [3.05, 3.63) is 95.0 Å². The molecule has 0 unspecified atom stereocenters. The summed E-state index contributed by atoms with van der Waals surface area (Å²) >= 11 is 11.8. The van der Waals surface area contributed by atoms with E-state index in [9.17, 15) is 34.8 Å². The normalized spacial score (nSPS) is 13.4. The second-order valence-electron chi connectivity index (χ2n) is 9.03. The average molecular weight is 697 g/mol. The standard InChI is InChI=1S/C26H19Cl2N5O8S3/c27-17-5-1-3-7-21(17)43(38,39)32-25(34)29-15-9-11-19-23(13-15)42(36,37)24-14-16(10-12-20(24)31-19)30-26(35)33-44(40,41)22-8-4-2-6-18(22)28/h1-14,31H,(H2,29,32,34)(H2,30,33,35). The molecule has 0 radical (unpaired) electrons. The molecule has 44 heavy (non-hydrogen) atoms. The number of halogens is 2. The van der Waals surface area contributed by atoms with Gasteiger partial charge >= 0.3 is 12.1 Å². The van der Waals surface area contributed by atoms with Crippen LogP contribution in [0.25, 0.3) is 0 Å². The third-order valence-electron chi connectivity index (χ3n) is 6.03. The molecule has 0 saturated heterocycles. The monoisotopic (exact) mass is 695 g/mol. The van der Waals surface area contributed by atoms with E-state index in [0.29, 0.717) is 0 Å². The van der Waals surface area contributed by atoms with Gasteiger partial charge in [-0.3, -0.25) is 0 Å². The van der Waals surface area contributed by atoms with Crippen LogP contribution < -0.4 is 25.4 Å². The van der Waals surface area contributed by atoms with Crippen molar-refractivity contribution in [2.75, 3.05) is 16.0 Å². The third-order valence-corrected chi connectivity index (χ3v) is 11.5. The van der Waals surface area contributed by atoms with Gasteiger partial charge in [0.2, 0.25) is 9.84 Å². The van der Waals surface area contributed by atoms with E-state index in [4.69, 9.17) is 23.2 Å². The fourth-order valence-electron chi connectivity index (χ4n) is 4.11. The molecule has 5 N–H and O–H groups in total. The number of fused-ring (bicyclic) bond motifs is 2. The average Bonchev–Trinajstić information content (AvgIpc) is 2.93. The number of carbonyl (C=O) groups excluding carboxylic acids is 2. The molecule has 1 aliphatic rings. The van der Waals surface area contributed by atoms with Gasteiger partial charge in [-0.2, -0.15) is 0 Å². The van der Waals surface area contributed by atoms with Crippen molar-refractivity contribution in [3.8, 4) is 0 Å². The lowest BCUT2D eigenvalue weighted by atomic mass is 10.2. The number of carbonyl (C=O) groups is 2. The van der Waals surface area contributed by atoms with Gasteiger partial charge in [0.15, 0.2) is 0 Å². The molecule has 1 aliphatic heterocycles. The Balaban J connectivity index is 1.34. The van der Waals surface area contributed by atoms with Gasteiger partial charge in [0.05, 0.1) is 31.2 Å². The van der Waals surface area contributed by atoms with Crippen LogP contribution in [0.2, 0.25) is 10.0 Å². The van der Waals surface area contributed by atoms with E-state index < -0.39 is 41.9 Å². The molecular formula is C26H19Cl2N5O8S3. The van der Waals surface area contributed by atoms with Crippen LogP contribution in [0.15, 0.2) is 105 Å². The molecule has 4 amide bonds. The molecule has 228 valence electrons. The second kappa shape index (κ2) is 11.6. The number of anilines is 4. The highest BCUT2D eigenvalue weighted by Gasteiger charge is 2.31. The van der Waals surface area contributed by atoms with Crippen LogP contribution in [0, 0.1) is 0 Å². The van der Waals surface area contributed by atoms with Gasteiger partial charge in [-0.05, 0) is 60.7 Å². The molecule has 0 saturated carbocycles. The molecule has 0 aliphatic carbocycles. The van der Waals surface area contributed by atoms with Crippen LogP contribution in [0.5, 0.6) is 0 Å². The minimum atomic E-state index is -4.34. The minimum Gasteiger partial charge on any atom is -0.353 e. The van der Waals surface area contributed by atoms with Crippen molar-refractivity contribution < 1.29 is 34.8 Å². The van der Waals surface area contributed by atoms with Crippen LogP contribution in [-0.4, -0.2) is 37.3 Å².